The van der Waals surface area contributed by atoms with E-state index in [9.17, 15) is 4.79 Å². The summed E-state index contributed by atoms with van der Waals surface area (Å²) in [7, 11) is -0.903. The maximum atomic E-state index is 11.7. The van der Waals surface area contributed by atoms with Crippen LogP contribution >= 0.6 is 0 Å². The Morgan fingerprint density at radius 3 is 2.20 bits per heavy atom. The lowest BCUT2D eigenvalue weighted by Gasteiger charge is -2.32. The largest absolute Gasteiger partial charge is 0.463 e. The summed E-state index contributed by atoms with van der Waals surface area (Å²) in [5.74, 6) is -0.311. The first-order valence-electron chi connectivity index (χ1n) is 7.52. The molecule has 0 rings (SSSR count). The molecule has 5 heteroatoms. The van der Waals surface area contributed by atoms with Crippen molar-refractivity contribution >= 4 is 15.5 Å². The first kappa shape index (κ1) is 19.3. The number of rotatable bonds is 11. The molecule has 0 fully saturated rings. The van der Waals surface area contributed by atoms with Crippen molar-refractivity contribution in [2.24, 2.45) is 0 Å². The van der Waals surface area contributed by atoms with Gasteiger partial charge in [0.05, 0.1) is 5.73 Å². The number of ether oxygens (including phenoxy) is 3. The minimum Gasteiger partial charge on any atom is -0.463 e. The highest BCUT2D eigenvalue weighted by molar-refractivity contribution is 6.40. The Morgan fingerprint density at radius 2 is 1.80 bits per heavy atom. The first-order chi connectivity index (χ1) is 9.38. The molecule has 0 saturated carbocycles. The molecule has 1 atom stereocenters. The molecule has 0 bridgehead atoms. The smallest absolute Gasteiger partial charge is 0.333 e. The minimum atomic E-state index is -0.903. The van der Waals surface area contributed by atoms with Crippen molar-refractivity contribution in [1.29, 1.82) is 0 Å². The van der Waals surface area contributed by atoms with Crippen molar-refractivity contribution in [1.82, 2.24) is 0 Å². The van der Waals surface area contributed by atoms with Gasteiger partial charge in [-0.05, 0) is 34.1 Å². The third-order valence-electron chi connectivity index (χ3n) is 3.00. The average molecular weight is 302 g/mol. The van der Waals surface area contributed by atoms with Gasteiger partial charge in [-0.2, -0.15) is 0 Å². The fraction of sp³-hybridized carbons (Fsp3) is 0.800. The molecule has 0 aliphatic heterocycles. The van der Waals surface area contributed by atoms with Crippen LogP contribution in [0.15, 0.2) is 12.2 Å². The second-order valence-corrected chi connectivity index (χ2v) is 7.76. The Morgan fingerprint density at radius 1 is 1.25 bits per heavy atom. The molecule has 0 aromatic rings. The van der Waals surface area contributed by atoms with Crippen LogP contribution in [0.4, 0.5) is 0 Å². The summed E-state index contributed by atoms with van der Waals surface area (Å²) in [6.07, 6.45) is 2.99. The second-order valence-electron chi connectivity index (χ2n) is 5.15. The van der Waals surface area contributed by atoms with Gasteiger partial charge in [0.15, 0.2) is 0 Å². The molecule has 20 heavy (non-hydrogen) atoms. The Labute approximate surface area is 125 Å². The predicted octanol–water partition coefficient (Wildman–Crippen LogP) is 2.54. The number of carbonyl (C=O) groups is 1. The molecule has 0 N–H and O–H groups in total. The van der Waals surface area contributed by atoms with E-state index in [4.69, 9.17) is 14.2 Å². The van der Waals surface area contributed by atoms with Gasteiger partial charge in [-0.3, -0.25) is 0 Å². The first-order valence-corrected chi connectivity index (χ1v) is 9.05. The van der Waals surface area contributed by atoms with Crippen molar-refractivity contribution in [3.05, 3.63) is 12.2 Å². The number of hydrogen-bond donors (Lipinski definition) is 0. The normalized spacial score (nSPS) is 13.7. The van der Waals surface area contributed by atoms with E-state index in [1.165, 1.54) is 0 Å². The van der Waals surface area contributed by atoms with Crippen molar-refractivity contribution in [3.8, 4) is 0 Å². The molecule has 0 aliphatic carbocycles. The number of esters is 1. The standard InChI is InChI=1S/C15H30O4Si/c1-7-10-11-13(19-14(16)12(4)5)20-15(6,17-8-2)18-9-3/h13H,4,7-11,20H2,1-3,5-6H3. The van der Waals surface area contributed by atoms with Crippen LogP contribution in [0.2, 0.25) is 0 Å². The van der Waals surface area contributed by atoms with Crippen molar-refractivity contribution in [2.45, 2.75) is 65.0 Å². The minimum absolute atomic E-state index is 0.0674. The molecular formula is C15H30O4Si. The van der Waals surface area contributed by atoms with E-state index in [1.54, 1.807) is 6.92 Å². The molecule has 1 unspecified atom stereocenters. The third kappa shape index (κ3) is 7.82. The molecule has 0 aromatic heterocycles. The zero-order valence-electron chi connectivity index (χ0n) is 13.7. The Bertz CT molecular complexity index is 298. The summed E-state index contributed by atoms with van der Waals surface area (Å²) in [5, 5.41) is 0. The van der Waals surface area contributed by atoms with Gasteiger partial charge in [-0.1, -0.05) is 26.3 Å². The maximum absolute atomic E-state index is 11.7. The second kappa shape index (κ2) is 10.1. The lowest BCUT2D eigenvalue weighted by atomic mass is 10.2. The van der Waals surface area contributed by atoms with E-state index < -0.39 is 14.9 Å². The molecule has 118 valence electrons. The van der Waals surface area contributed by atoms with Crippen LogP contribution in [0.1, 0.15) is 53.9 Å². The van der Waals surface area contributed by atoms with Gasteiger partial charge >= 0.3 is 5.97 Å². The van der Waals surface area contributed by atoms with Crippen LogP contribution in [0, 0.1) is 0 Å². The van der Waals surface area contributed by atoms with E-state index in [0.717, 1.165) is 19.3 Å². The average Bonchev–Trinajstić information content (AvgIpc) is 2.36. The van der Waals surface area contributed by atoms with Gasteiger partial charge in [-0.15, -0.1) is 0 Å². The molecule has 4 nitrogen and oxygen atoms in total. The van der Waals surface area contributed by atoms with Crippen LogP contribution in [0.5, 0.6) is 0 Å². The summed E-state index contributed by atoms with van der Waals surface area (Å²) in [4.78, 5) is 11.7. The molecule has 0 spiro atoms. The molecule has 0 saturated heterocycles. The molecule has 0 amide bonds. The van der Waals surface area contributed by atoms with Crippen molar-refractivity contribution in [2.75, 3.05) is 13.2 Å². The number of hydrogen-bond acceptors (Lipinski definition) is 4. The highest BCUT2D eigenvalue weighted by atomic mass is 28.2. The van der Waals surface area contributed by atoms with Crippen LogP contribution in [-0.2, 0) is 19.0 Å². The zero-order chi connectivity index (χ0) is 15.6. The van der Waals surface area contributed by atoms with Gasteiger partial charge in [0.2, 0.25) is 0 Å². The highest BCUT2D eigenvalue weighted by Gasteiger charge is 2.31. The van der Waals surface area contributed by atoms with E-state index in [0.29, 0.717) is 18.8 Å². The highest BCUT2D eigenvalue weighted by Crippen LogP contribution is 2.17. The lowest BCUT2D eigenvalue weighted by Crippen LogP contribution is -2.46. The molecule has 0 radical (unpaired) electrons. The maximum Gasteiger partial charge on any atom is 0.333 e. The lowest BCUT2D eigenvalue weighted by molar-refractivity contribution is -0.167. The molecule has 0 aromatic carbocycles. The molecular weight excluding hydrogens is 272 g/mol. The summed E-state index contributed by atoms with van der Waals surface area (Å²) >= 11 is 0. The van der Waals surface area contributed by atoms with Gasteiger partial charge in [0, 0.05) is 18.8 Å². The topological polar surface area (TPSA) is 44.8 Å². The van der Waals surface area contributed by atoms with Gasteiger partial charge in [-0.25, -0.2) is 4.79 Å². The van der Waals surface area contributed by atoms with Gasteiger partial charge in [0.25, 0.3) is 0 Å². The fourth-order valence-corrected chi connectivity index (χ4v) is 4.27. The quantitative estimate of drug-likeness (QED) is 0.255. The number of unbranched alkanes of at least 4 members (excludes halogenated alkanes) is 1. The van der Waals surface area contributed by atoms with E-state index >= 15 is 0 Å². The van der Waals surface area contributed by atoms with Crippen LogP contribution in [0.3, 0.4) is 0 Å². The summed E-state index contributed by atoms with van der Waals surface area (Å²) in [6, 6.07) is 0. The summed E-state index contributed by atoms with van der Waals surface area (Å²) < 4.78 is 17.1. The Balaban J connectivity index is 4.73. The Kier molecular flexibility index (Phi) is 9.80. The van der Waals surface area contributed by atoms with Crippen LogP contribution < -0.4 is 0 Å². The van der Waals surface area contributed by atoms with E-state index in [2.05, 4.69) is 13.5 Å². The monoisotopic (exact) mass is 302 g/mol. The van der Waals surface area contributed by atoms with Gasteiger partial charge in [0.1, 0.15) is 14.9 Å². The summed E-state index contributed by atoms with van der Waals surface area (Å²) in [6.45, 7) is 14.5. The summed E-state index contributed by atoms with van der Waals surface area (Å²) in [5.41, 5.74) is -0.200. The SMILES string of the molecule is C=C(C)C(=O)OC(CCCC)[SiH2]C(C)(OCC)OCC. The molecule has 0 aliphatic rings. The van der Waals surface area contributed by atoms with E-state index in [1.807, 2.05) is 20.8 Å². The predicted molar refractivity (Wildman–Crippen MR) is 84.4 cm³/mol. The zero-order valence-corrected chi connectivity index (χ0v) is 15.1. The molecule has 0 heterocycles. The van der Waals surface area contributed by atoms with Crippen molar-refractivity contribution in [3.63, 3.8) is 0 Å². The number of carbonyl (C=O) groups excluding carboxylic acids is 1. The van der Waals surface area contributed by atoms with Gasteiger partial charge < -0.3 is 14.2 Å². The van der Waals surface area contributed by atoms with Crippen LogP contribution in [0.25, 0.3) is 0 Å². The third-order valence-corrected chi connectivity index (χ3v) is 5.18. The van der Waals surface area contributed by atoms with E-state index in [-0.39, 0.29) is 11.7 Å². The fourth-order valence-electron chi connectivity index (χ4n) is 2.07. The Hall–Kier alpha value is -0.653. The van der Waals surface area contributed by atoms with Crippen molar-refractivity contribution < 1.29 is 19.0 Å². The van der Waals surface area contributed by atoms with Crippen LogP contribution in [-0.4, -0.2) is 39.8 Å².